The van der Waals surface area contributed by atoms with E-state index in [2.05, 4.69) is 23.4 Å². The normalized spacial score (nSPS) is 12.5. The van der Waals surface area contributed by atoms with Gasteiger partial charge < -0.3 is 19.8 Å². The van der Waals surface area contributed by atoms with E-state index in [0.29, 0.717) is 12.5 Å². The molecule has 0 saturated carbocycles. The summed E-state index contributed by atoms with van der Waals surface area (Å²) in [5.74, 6) is 2.91. The van der Waals surface area contributed by atoms with Gasteiger partial charge in [0.25, 0.3) is 0 Å². The topological polar surface area (TPSA) is 62.3 Å². The highest BCUT2D eigenvalue weighted by Gasteiger charge is 2.16. The third-order valence-corrected chi connectivity index (χ3v) is 3.50. The average molecular weight is 289 g/mol. The molecule has 0 aliphatic heterocycles. The molecule has 5 nitrogen and oxygen atoms in total. The van der Waals surface area contributed by atoms with E-state index in [-0.39, 0.29) is 6.04 Å². The first-order chi connectivity index (χ1) is 10.1. The van der Waals surface area contributed by atoms with Gasteiger partial charge in [0.05, 0.1) is 20.3 Å². The van der Waals surface area contributed by atoms with Crippen LogP contribution in [-0.4, -0.2) is 23.8 Å². The van der Waals surface area contributed by atoms with Gasteiger partial charge in [-0.15, -0.1) is 0 Å². The Balaban J connectivity index is 2.24. The Kier molecular flexibility index (Phi) is 4.85. The highest BCUT2D eigenvalue weighted by molar-refractivity contribution is 5.42. The fourth-order valence-electron chi connectivity index (χ4n) is 2.41. The van der Waals surface area contributed by atoms with E-state index in [4.69, 9.17) is 15.2 Å². The lowest BCUT2D eigenvalue weighted by molar-refractivity contribution is 0.386. The Bertz CT molecular complexity index is 593. The molecule has 0 aliphatic carbocycles. The van der Waals surface area contributed by atoms with Gasteiger partial charge in [-0.3, -0.25) is 0 Å². The monoisotopic (exact) mass is 289 g/mol. The molecule has 21 heavy (non-hydrogen) atoms. The number of methoxy groups -OCH3 is 2. The van der Waals surface area contributed by atoms with Gasteiger partial charge in [0.1, 0.15) is 17.3 Å². The molecule has 2 aromatic rings. The summed E-state index contributed by atoms with van der Waals surface area (Å²) in [5, 5.41) is 0. The predicted octanol–water partition coefficient (Wildman–Crippen LogP) is 2.72. The van der Waals surface area contributed by atoms with Crippen LogP contribution in [0.3, 0.4) is 0 Å². The zero-order chi connectivity index (χ0) is 15.4. The first kappa shape index (κ1) is 15.4. The third-order valence-electron chi connectivity index (χ3n) is 3.50. The van der Waals surface area contributed by atoms with Gasteiger partial charge in [-0.2, -0.15) is 0 Å². The molecule has 5 heteroatoms. The molecule has 1 aromatic carbocycles. The van der Waals surface area contributed by atoms with Gasteiger partial charge in [-0.1, -0.05) is 19.9 Å². The average Bonchev–Trinajstić information content (AvgIpc) is 2.94. The van der Waals surface area contributed by atoms with Crippen LogP contribution in [0.25, 0.3) is 0 Å². The number of benzene rings is 1. The van der Waals surface area contributed by atoms with Gasteiger partial charge in [0.15, 0.2) is 0 Å². The molecule has 0 fully saturated rings. The summed E-state index contributed by atoms with van der Waals surface area (Å²) in [6.45, 7) is 4.91. The molecule has 0 bridgehead atoms. The first-order valence-electron chi connectivity index (χ1n) is 7.05. The highest BCUT2D eigenvalue weighted by Crippen LogP contribution is 2.29. The Morgan fingerprint density at radius 3 is 2.62 bits per heavy atom. The molecule has 1 atom stereocenters. The summed E-state index contributed by atoms with van der Waals surface area (Å²) in [7, 11) is 3.27. The number of aromatic nitrogens is 2. The molecule has 0 radical (unpaired) electrons. The molecule has 0 amide bonds. The number of nitrogens with zero attached hydrogens (tertiary/aromatic N) is 2. The van der Waals surface area contributed by atoms with Crippen LogP contribution in [0.15, 0.2) is 30.6 Å². The number of rotatable bonds is 6. The molecule has 2 rings (SSSR count). The van der Waals surface area contributed by atoms with Crippen LogP contribution >= 0.6 is 0 Å². The minimum atomic E-state index is -0.169. The number of imidazole rings is 1. The lowest BCUT2D eigenvalue weighted by Gasteiger charge is -2.19. The van der Waals surface area contributed by atoms with Crippen molar-refractivity contribution in [2.75, 3.05) is 14.2 Å². The van der Waals surface area contributed by atoms with E-state index in [9.17, 15) is 0 Å². The summed E-state index contributed by atoms with van der Waals surface area (Å²) in [4.78, 5) is 4.39. The minimum absolute atomic E-state index is 0.169. The molecule has 0 saturated heterocycles. The summed E-state index contributed by atoms with van der Waals surface area (Å²) in [6.07, 6.45) is 3.78. The minimum Gasteiger partial charge on any atom is -0.497 e. The summed E-state index contributed by atoms with van der Waals surface area (Å²) >= 11 is 0. The molecule has 1 heterocycles. The SMILES string of the molecule is COc1ccc(C(N)Cn2ccnc2C(C)C)c(OC)c1. The maximum absolute atomic E-state index is 6.35. The number of nitrogens with two attached hydrogens (primary N) is 1. The molecular formula is C16H23N3O2. The first-order valence-corrected chi connectivity index (χ1v) is 7.05. The van der Waals surface area contributed by atoms with E-state index in [1.54, 1.807) is 14.2 Å². The summed E-state index contributed by atoms with van der Waals surface area (Å²) in [6, 6.07) is 5.54. The second-order valence-electron chi connectivity index (χ2n) is 5.31. The van der Waals surface area contributed by atoms with Gasteiger partial charge in [-0.25, -0.2) is 4.98 Å². The molecule has 1 aromatic heterocycles. The van der Waals surface area contributed by atoms with Crippen molar-refractivity contribution in [3.63, 3.8) is 0 Å². The van der Waals surface area contributed by atoms with E-state index in [0.717, 1.165) is 22.9 Å². The van der Waals surface area contributed by atoms with Crippen LogP contribution in [-0.2, 0) is 6.54 Å². The molecule has 0 aliphatic rings. The smallest absolute Gasteiger partial charge is 0.127 e. The number of hydrogen-bond acceptors (Lipinski definition) is 4. The quantitative estimate of drug-likeness (QED) is 0.888. The maximum atomic E-state index is 6.35. The molecule has 2 N–H and O–H groups in total. The van der Waals surface area contributed by atoms with Crippen molar-refractivity contribution in [1.29, 1.82) is 0 Å². The fraction of sp³-hybridized carbons (Fsp3) is 0.438. The van der Waals surface area contributed by atoms with Crippen molar-refractivity contribution >= 4 is 0 Å². The lowest BCUT2D eigenvalue weighted by atomic mass is 10.1. The van der Waals surface area contributed by atoms with Crippen LogP contribution < -0.4 is 15.2 Å². The second-order valence-corrected chi connectivity index (χ2v) is 5.31. The van der Waals surface area contributed by atoms with E-state index < -0.39 is 0 Å². The van der Waals surface area contributed by atoms with E-state index >= 15 is 0 Å². The Labute approximate surface area is 125 Å². The Morgan fingerprint density at radius 1 is 1.24 bits per heavy atom. The van der Waals surface area contributed by atoms with Crippen LogP contribution in [0.4, 0.5) is 0 Å². The number of ether oxygens (including phenoxy) is 2. The van der Waals surface area contributed by atoms with Gasteiger partial charge in [0, 0.05) is 36.5 Å². The Hall–Kier alpha value is -2.01. The van der Waals surface area contributed by atoms with Crippen molar-refractivity contribution in [3.8, 4) is 11.5 Å². The van der Waals surface area contributed by atoms with E-state index in [1.165, 1.54) is 0 Å². The molecule has 1 unspecified atom stereocenters. The number of hydrogen-bond donors (Lipinski definition) is 1. The largest absolute Gasteiger partial charge is 0.497 e. The zero-order valence-electron chi connectivity index (χ0n) is 13.0. The Morgan fingerprint density at radius 2 is 2.00 bits per heavy atom. The maximum Gasteiger partial charge on any atom is 0.127 e. The zero-order valence-corrected chi connectivity index (χ0v) is 13.0. The predicted molar refractivity (Wildman–Crippen MR) is 82.8 cm³/mol. The fourth-order valence-corrected chi connectivity index (χ4v) is 2.41. The van der Waals surface area contributed by atoms with Crippen molar-refractivity contribution in [1.82, 2.24) is 9.55 Å². The summed E-state index contributed by atoms with van der Waals surface area (Å²) < 4.78 is 12.7. The van der Waals surface area contributed by atoms with Gasteiger partial charge >= 0.3 is 0 Å². The van der Waals surface area contributed by atoms with Crippen LogP contribution in [0.2, 0.25) is 0 Å². The van der Waals surface area contributed by atoms with Crippen molar-refractivity contribution in [2.45, 2.75) is 32.4 Å². The lowest BCUT2D eigenvalue weighted by Crippen LogP contribution is -2.19. The van der Waals surface area contributed by atoms with Gasteiger partial charge in [-0.05, 0) is 6.07 Å². The molecule has 114 valence electrons. The van der Waals surface area contributed by atoms with Crippen molar-refractivity contribution < 1.29 is 9.47 Å². The third kappa shape index (κ3) is 3.36. The van der Waals surface area contributed by atoms with Crippen molar-refractivity contribution in [3.05, 3.63) is 42.0 Å². The second kappa shape index (κ2) is 6.63. The molecular weight excluding hydrogens is 266 g/mol. The van der Waals surface area contributed by atoms with Crippen LogP contribution in [0.1, 0.15) is 37.2 Å². The van der Waals surface area contributed by atoms with E-state index in [1.807, 2.05) is 30.6 Å². The standard InChI is InChI=1S/C16H23N3O2/c1-11(2)16-18-7-8-19(16)10-14(17)13-6-5-12(20-3)9-15(13)21-4/h5-9,11,14H,10,17H2,1-4H3. The van der Waals surface area contributed by atoms with Gasteiger partial charge in [0.2, 0.25) is 0 Å². The summed E-state index contributed by atoms with van der Waals surface area (Å²) in [5.41, 5.74) is 7.31. The van der Waals surface area contributed by atoms with Crippen LogP contribution in [0.5, 0.6) is 11.5 Å². The van der Waals surface area contributed by atoms with Crippen molar-refractivity contribution in [2.24, 2.45) is 5.73 Å². The van der Waals surface area contributed by atoms with Crippen LogP contribution in [0, 0.1) is 0 Å². The highest BCUT2D eigenvalue weighted by atomic mass is 16.5. The molecule has 0 spiro atoms.